The molecule has 4 nitrogen and oxygen atoms in total. The van der Waals surface area contributed by atoms with Gasteiger partial charge in [-0.15, -0.1) is 0 Å². The fourth-order valence-corrected chi connectivity index (χ4v) is 3.35. The van der Waals surface area contributed by atoms with Crippen molar-refractivity contribution in [2.45, 2.75) is 25.3 Å². The zero-order valence-electron chi connectivity index (χ0n) is 14.5. The number of hydrogen-bond acceptors (Lipinski definition) is 2. The van der Waals surface area contributed by atoms with Gasteiger partial charge in [0.15, 0.2) is 0 Å². The monoisotopic (exact) mass is 359 g/mol. The van der Waals surface area contributed by atoms with Gasteiger partial charge in [-0.3, -0.25) is 0 Å². The highest BCUT2D eigenvalue weighted by atomic mass is 19.1. The first kappa shape index (κ1) is 18.3. The summed E-state index contributed by atoms with van der Waals surface area (Å²) >= 11 is 0. The molecule has 2 aromatic rings. The first-order valence-electron chi connectivity index (χ1n) is 8.87. The number of amides is 2. The number of carbonyl (C=O) groups is 1. The van der Waals surface area contributed by atoms with Crippen molar-refractivity contribution in [2.75, 3.05) is 18.4 Å². The molecule has 26 heavy (non-hydrogen) atoms. The van der Waals surface area contributed by atoms with Crippen molar-refractivity contribution in [1.29, 1.82) is 0 Å². The summed E-state index contributed by atoms with van der Waals surface area (Å²) in [6, 6.07) is 12.3. The number of rotatable bonds is 5. The van der Waals surface area contributed by atoms with E-state index in [0.29, 0.717) is 18.2 Å². The molecule has 1 fully saturated rings. The quantitative estimate of drug-likeness (QED) is 0.762. The number of urea groups is 1. The maximum atomic E-state index is 13.1. The van der Waals surface area contributed by atoms with Crippen LogP contribution in [0.15, 0.2) is 48.5 Å². The van der Waals surface area contributed by atoms with Gasteiger partial charge in [0, 0.05) is 18.3 Å². The fourth-order valence-electron chi connectivity index (χ4n) is 3.35. The molecule has 2 amide bonds. The highest BCUT2D eigenvalue weighted by Gasteiger charge is 2.22. The third-order valence-corrected chi connectivity index (χ3v) is 4.63. The smallest absolute Gasteiger partial charge is 0.319 e. The molecule has 138 valence electrons. The number of carbonyl (C=O) groups excluding carboxylic acids is 1. The summed E-state index contributed by atoms with van der Waals surface area (Å²) in [7, 11) is 0. The molecule has 0 radical (unpaired) electrons. The van der Waals surface area contributed by atoms with Crippen LogP contribution in [0.25, 0.3) is 0 Å². The van der Waals surface area contributed by atoms with Crippen molar-refractivity contribution in [2.24, 2.45) is 5.92 Å². The van der Waals surface area contributed by atoms with Crippen LogP contribution >= 0.6 is 0 Å². The number of benzene rings is 2. The van der Waals surface area contributed by atoms with Gasteiger partial charge in [0.05, 0.1) is 0 Å². The number of hydrogen-bond donors (Lipinski definition) is 3. The second kappa shape index (κ2) is 8.76. The normalized spacial score (nSPS) is 19.8. The minimum absolute atomic E-state index is 0.187. The van der Waals surface area contributed by atoms with Gasteiger partial charge >= 0.3 is 6.03 Å². The summed E-state index contributed by atoms with van der Waals surface area (Å²) in [5, 5.41) is 8.86. The zero-order chi connectivity index (χ0) is 18.4. The van der Waals surface area contributed by atoms with Gasteiger partial charge in [0.2, 0.25) is 0 Å². The van der Waals surface area contributed by atoms with E-state index in [1.54, 1.807) is 12.1 Å². The molecule has 0 aromatic heterocycles. The van der Waals surface area contributed by atoms with Gasteiger partial charge in [-0.1, -0.05) is 18.2 Å². The van der Waals surface area contributed by atoms with E-state index in [1.165, 1.54) is 24.3 Å². The van der Waals surface area contributed by atoms with Crippen LogP contribution in [0.2, 0.25) is 0 Å². The topological polar surface area (TPSA) is 53.2 Å². The van der Waals surface area contributed by atoms with E-state index in [9.17, 15) is 13.6 Å². The lowest BCUT2D eigenvalue weighted by Gasteiger charge is -2.30. The van der Waals surface area contributed by atoms with Crippen molar-refractivity contribution >= 4 is 11.7 Å². The molecule has 0 spiro atoms. The maximum absolute atomic E-state index is 13.1. The second-order valence-corrected chi connectivity index (χ2v) is 6.72. The highest BCUT2D eigenvalue weighted by molar-refractivity contribution is 5.89. The van der Waals surface area contributed by atoms with Crippen LogP contribution in [0, 0.1) is 17.6 Å². The Morgan fingerprint density at radius 1 is 1.12 bits per heavy atom. The summed E-state index contributed by atoms with van der Waals surface area (Å²) in [6.07, 6.45) is 2.91. The molecule has 2 atom stereocenters. The van der Waals surface area contributed by atoms with E-state index in [4.69, 9.17) is 0 Å². The second-order valence-electron chi connectivity index (χ2n) is 6.72. The van der Waals surface area contributed by atoms with Gasteiger partial charge in [-0.25, -0.2) is 13.6 Å². The predicted molar refractivity (Wildman–Crippen MR) is 98.0 cm³/mol. The standard InChI is InChI=1S/C20H23F2N3O/c21-16-6-4-14(5-7-16)10-15-8-9-23-19(11-15)13-24-20(26)25-18-3-1-2-17(22)12-18/h1-7,12,15,19,23H,8-11,13H2,(H2,24,25,26)/t15-,19-/m0/s1. The van der Waals surface area contributed by atoms with E-state index in [-0.39, 0.29) is 23.7 Å². The molecule has 1 aliphatic heterocycles. The van der Waals surface area contributed by atoms with Gasteiger partial charge in [0.1, 0.15) is 11.6 Å². The lowest BCUT2D eigenvalue weighted by molar-refractivity contribution is 0.246. The van der Waals surface area contributed by atoms with Crippen LogP contribution in [0.3, 0.4) is 0 Å². The van der Waals surface area contributed by atoms with Crippen LogP contribution in [0.1, 0.15) is 18.4 Å². The third-order valence-electron chi connectivity index (χ3n) is 4.63. The summed E-state index contributed by atoms with van der Waals surface area (Å²) in [6.45, 7) is 1.39. The average molecular weight is 359 g/mol. The number of nitrogens with one attached hydrogen (secondary N) is 3. The van der Waals surface area contributed by atoms with Crippen molar-refractivity contribution in [3.63, 3.8) is 0 Å². The Balaban J connectivity index is 1.44. The van der Waals surface area contributed by atoms with Crippen molar-refractivity contribution < 1.29 is 13.6 Å². The lowest BCUT2D eigenvalue weighted by Crippen LogP contribution is -2.47. The first-order chi connectivity index (χ1) is 12.6. The molecule has 0 bridgehead atoms. The van der Waals surface area contributed by atoms with Crippen LogP contribution in [0.4, 0.5) is 19.3 Å². The highest BCUT2D eigenvalue weighted by Crippen LogP contribution is 2.21. The van der Waals surface area contributed by atoms with E-state index in [1.807, 2.05) is 12.1 Å². The predicted octanol–water partition coefficient (Wildman–Crippen LogP) is 3.70. The zero-order valence-corrected chi connectivity index (χ0v) is 14.5. The first-order valence-corrected chi connectivity index (χ1v) is 8.87. The lowest BCUT2D eigenvalue weighted by atomic mass is 9.87. The molecule has 1 heterocycles. The summed E-state index contributed by atoms with van der Waals surface area (Å²) in [4.78, 5) is 12.0. The molecule has 3 rings (SSSR count). The minimum atomic E-state index is -0.389. The van der Waals surface area contributed by atoms with E-state index in [2.05, 4.69) is 16.0 Å². The van der Waals surface area contributed by atoms with Crippen LogP contribution in [-0.2, 0) is 6.42 Å². The Bertz CT molecular complexity index is 736. The summed E-state index contributed by atoms with van der Waals surface area (Å²) in [5.74, 6) is -0.106. The fraction of sp³-hybridized carbons (Fsp3) is 0.350. The van der Waals surface area contributed by atoms with Gasteiger partial charge in [0.25, 0.3) is 0 Å². The minimum Gasteiger partial charge on any atom is -0.336 e. The largest absolute Gasteiger partial charge is 0.336 e. The van der Waals surface area contributed by atoms with E-state index < -0.39 is 0 Å². The van der Waals surface area contributed by atoms with Gasteiger partial charge in [-0.2, -0.15) is 0 Å². The molecule has 0 aliphatic carbocycles. The Morgan fingerprint density at radius 3 is 2.69 bits per heavy atom. The van der Waals surface area contributed by atoms with Crippen LogP contribution < -0.4 is 16.0 Å². The Labute approximate surface area is 152 Å². The van der Waals surface area contributed by atoms with Crippen LogP contribution in [0.5, 0.6) is 0 Å². The Kier molecular flexibility index (Phi) is 6.17. The number of piperidine rings is 1. The summed E-state index contributed by atoms with van der Waals surface area (Å²) < 4.78 is 26.1. The van der Waals surface area contributed by atoms with Crippen LogP contribution in [-0.4, -0.2) is 25.2 Å². The summed E-state index contributed by atoms with van der Waals surface area (Å²) in [5.41, 5.74) is 1.56. The average Bonchev–Trinajstić information content (AvgIpc) is 2.62. The number of anilines is 1. The van der Waals surface area contributed by atoms with Gasteiger partial charge in [-0.05, 0) is 67.6 Å². The molecular formula is C20H23F2N3O. The Morgan fingerprint density at radius 2 is 1.92 bits per heavy atom. The molecule has 0 unspecified atom stereocenters. The molecule has 0 saturated carbocycles. The molecule has 6 heteroatoms. The van der Waals surface area contributed by atoms with Crippen molar-refractivity contribution in [3.05, 3.63) is 65.7 Å². The molecule has 1 aliphatic rings. The molecule has 1 saturated heterocycles. The van der Waals surface area contributed by atoms with Crippen molar-refractivity contribution in [3.8, 4) is 0 Å². The number of halogens is 2. The van der Waals surface area contributed by atoms with Gasteiger partial charge < -0.3 is 16.0 Å². The molecule has 3 N–H and O–H groups in total. The maximum Gasteiger partial charge on any atom is 0.319 e. The van der Waals surface area contributed by atoms with E-state index >= 15 is 0 Å². The third kappa shape index (κ3) is 5.52. The Hall–Kier alpha value is -2.47. The molecule has 2 aromatic carbocycles. The SMILES string of the molecule is O=C(NC[C@@H]1C[C@H](Cc2ccc(F)cc2)CCN1)Nc1cccc(F)c1. The molecular weight excluding hydrogens is 336 g/mol. The van der Waals surface area contributed by atoms with E-state index in [0.717, 1.165) is 31.4 Å². The van der Waals surface area contributed by atoms with Crippen molar-refractivity contribution in [1.82, 2.24) is 10.6 Å².